The minimum Gasteiger partial charge on any atom is -0.301 e. The maximum atomic E-state index is 3.82. The van der Waals surface area contributed by atoms with Gasteiger partial charge in [-0.15, -0.1) is 0 Å². The minimum atomic E-state index is 0.871. The van der Waals surface area contributed by atoms with Gasteiger partial charge in [-0.1, -0.05) is 26.7 Å². The van der Waals surface area contributed by atoms with Crippen LogP contribution in [0.25, 0.3) is 0 Å². The van der Waals surface area contributed by atoms with Crippen molar-refractivity contribution in [1.29, 1.82) is 0 Å². The summed E-state index contributed by atoms with van der Waals surface area (Å²) in [6.07, 6.45) is 3.79. The van der Waals surface area contributed by atoms with E-state index in [1.165, 1.54) is 19.3 Å². The van der Waals surface area contributed by atoms with Gasteiger partial charge < -0.3 is 4.99 Å². The van der Waals surface area contributed by atoms with E-state index in [1.807, 2.05) is 0 Å². The lowest BCUT2D eigenvalue weighted by Gasteiger charge is -2.08. The fraction of sp³-hybridized carbons (Fsp3) is 0.875. The molecule has 0 rings (SSSR count). The van der Waals surface area contributed by atoms with Crippen LogP contribution < -0.4 is 0 Å². The van der Waals surface area contributed by atoms with Crippen molar-refractivity contribution in [1.82, 2.24) is 0 Å². The van der Waals surface area contributed by atoms with Crippen molar-refractivity contribution in [2.45, 2.75) is 33.1 Å². The molecule has 54 valence electrons. The van der Waals surface area contributed by atoms with Gasteiger partial charge in [-0.25, -0.2) is 0 Å². The molecule has 0 aromatic rings. The summed E-state index contributed by atoms with van der Waals surface area (Å²) >= 11 is 0. The van der Waals surface area contributed by atoms with Crippen LogP contribution in [0.1, 0.15) is 33.1 Å². The molecule has 0 atom stereocenters. The van der Waals surface area contributed by atoms with Gasteiger partial charge in [0, 0.05) is 6.54 Å². The number of hydrogen-bond donors (Lipinski definition) is 0. The second-order valence-electron chi connectivity index (χ2n) is 2.42. The lowest BCUT2D eigenvalue weighted by molar-refractivity contribution is 0.464. The highest BCUT2D eigenvalue weighted by atomic mass is 14.7. The van der Waals surface area contributed by atoms with Crippen molar-refractivity contribution in [3.63, 3.8) is 0 Å². The van der Waals surface area contributed by atoms with Crippen molar-refractivity contribution in [3.05, 3.63) is 0 Å². The molecule has 0 bridgehead atoms. The van der Waals surface area contributed by atoms with Crippen molar-refractivity contribution in [2.24, 2.45) is 10.9 Å². The Morgan fingerprint density at radius 1 is 1.33 bits per heavy atom. The number of rotatable bonds is 5. The van der Waals surface area contributed by atoms with E-state index in [0.717, 1.165) is 12.5 Å². The van der Waals surface area contributed by atoms with E-state index >= 15 is 0 Å². The van der Waals surface area contributed by atoms with E-state index in [0.29, 0.717) is 0 Å². The van der Waals surface area contributed by atoms with Crippen LogP contribution in [0.15, 0.2) is 4.99 Å². The molecule has 0 aliphatic rings. The Morgan fingerprint density at radius 3 is 2.22 bits per heavy atom. The van der Waals surface area contributed by atoms with Gasteiger partial charge >= 0.3 is 0 Å². The van der Waals surface area contributed by atoms with Crippen LogP contribution in [0.2, 0.25) is 0 Å². The van der Waals surface area contributed by atoms with Crippen LogP contribution >= 0.6 is 0 Å². The van der Waals surface area contributed by atoms with Crippen LogP contribution in [-0.4, -0.2) is 13.3 Å². The van der Waals surface area contributed by atoms with E-state index in [4.69, 9.17) is 0 Å². The number of aliphatic imine (C=N–C) groups is 1. The summed E-state index contributed by atoms with van der Waals surface area (Å²) in [7, 11) is 0. The predicted octanol–water partition coefficient (Wildman–Crippen LogP) is 2.51. The van der Waals surface area contributed by atoms with Crippen LogP contribution in [0, 0.1) is 5.92 Å². The normalized spacial score (nSPS) is 10.1. The van der Waals surface area contributed by atoms with Gasteiger partial charge in [0.2, 0.25) is 0 Å². The molecule has 0 unspecified atom stereocenters. The SMILES string of the molecule is C=NCCC(CC)CC. The molecule has 0 radical (unpaired) electrons. The van der Waals surface area contributed by atoms with Crippen molar-refractivity contribution < 1.29 is 0 Å². The molecule has 1 heteroatoms. The molecule has 1 nitrogen and oxygen atoms in total. The monoisotopic (exact) mass is 127 g/mol. The Hall–Kier alpha value is -0.330. The minimum absolute atomic E-state index is 0.871. The molecule has 0 aromatic heterocycles. The Kier molecular flexibility index (Phi) is 5.59. The van der Waals surface area contributed by atoms with Crippen molar-refractivity contribution in [2.75, 3.05) is 6.54 Å². The van der Waals surface area contributed by atoms with E-state index in [1.54, 1.807) is 0 Å². The fourth-order valence-electron chi connectivity index (χ4n) is 0.971. The average Bonchev–Trinajstić information content (AvgIpc) is 1.91. The van der Waals surface area contributed by atoms with E-state index in [9.17, 15) is 0 Å². The maximum absolute atomic E-state index is 3.82. The van der Waals surface area contributed by atoms with E-state index < -0.39 is 0 Å². The van der Waals surface area contributed by atoms with E-state index in [-0.39, 0.29) is 0 Å². The first kappa shape index (κ1) is 8.67. The Morgan fingerprint density at radius 2 is 1.89 bits per heavy atom. The molecule has 0 saturated carbocycles. The lowest BCUT2D eigenvalue weighted by atomic mass is 10.00. The van der Waals surface area contributed by atoms with Gasteiger partial charge in [0.25, 0.3) is 0 Å². The molecule has 0 heterocycles. The second kappa shape index (κ2) is 5.80. The Balaban J connectivity index is 3.19. The first-order valence-electron chi connectivity index (χ1n) is 3.77. The highest BCUT2D eigenvalue weighted by Crippen LogP contribution is 2.11. The smallest absolute Gasteiger partial charge is 0.0384 e. The molecule has 0 spiro atoms. The fourth-order valence-corrected chi connectivity index (χ4v) is 0.971. The Bertz CT molecular complexity index is 65.0. The third-order valence-electron chi connectivity index (χ3n) is 1.85. The lowest BCUT2D eigenvalue weighted by Crippen LogP contribution is -1.97. The molecular weight excluding hydrogens is 110 g/mol. The van der Waals surface area contributed by atoms with Crippen LogP contribution in [0.5, 0.6) is 0 Å². The summed E-state index contributed by atoms with van der Waals surface area (Å²) in [5, 5.41) is 0. The third kappa shape index (κ3) is 4.19. The largest absolute Gasteiger partial charge is 0.301 e. The summed E-state index contributed by atoms with van der Waals surface area (Å²) in [5.74, 6) is 0.871. The highest BCUT2D eigenvalue weighted by Gasteiger charge is 1.99. The second-order valence-corrected chi connectivity index (χ2v) is 2.42. The summed E-state index contributed by atoms with van der Waals surface area (Å²) in [4.78, 5) is 3.82. The van der Waals surface area contributed by atoms with Crippen molar-refractivity contribution in [3.8, 4) is 0 Å². The molecule has 9 heavy (non-hydrogen) atoms. The summed E-state index contributed by atoms with van der Waals surface area (Å²) in [5.41, 5.74) is 0. The van der Waals surface area contributed by atoms with Crippen LogP contribution in [-0.2, 0) is 0 Å². The molecule has 0 aliphatic heterocycles. The van der Waals surface area contributed by atoms with Gasteiger partial charge in [-0.05, 0) is 19.1 Å². The number of hydrogen-bond acceptors (Lipinski definition) is 1. The zero-order valence-corrected chi connectivity index (χ0v) is 6.56. The third-order valence-corrected chi connectivity index (χ3v) is 1.85. The zero-order valence-electron chi connectivity index (χ0n) is 6.56. The molecule has 0 amide bonds. The van der Waals surface area contributed by atoms with Crippen LogP contribution in [0.4, 0.5) is 0 Å². The maximum Gasteiger partial charge on any atom is 0.0384 e. The standard InChI is InChI=1S/C8H17N/c1-4-8(5-2)6-7-9-3/h8H,3-7H2,1-2H3. The molecule has 0 fully saturated rings. The van der Waals surface area contributed by atoms with Crippen molar-refractivity contribution >= 4 is 6.72 Å². The van der Waals surface area contributed by atoms with Gasteiger partial charge in [0.1, 0.15) is 0 Å². The van der Waals surface area contributed by atoms with Gasteiger partial charge in [0.05, 0.1) is 0 Å². The highest BCUT2D eigenvalue weighted by molar-refractivity contribution is 5.22. The predicted molar refractivity (Wildman–Crippen MR) is 43.1 cm³/mol. The molecule has 0 N–H and O–H groups in total. The summed E-state index contributed by atoms with van der Waals surface area (Å²) < 4.78 is 0. The van der Waals surface area contributed by atoms with Gasteiger partial charge in [-0.2, -0.15) is 0 Å². The van der Waals surface area contributed by atoms with Crippen LogP contribution in [0.3, 0.4) is 0 Å². The quantitative estimate of drug-likeness (QED) is 0.503. The topological polar surface area (TPSA) is 12.4 Å². The molecular formula is C8H17N. The van der Waals surface area contributed by atoms with E-state index in [2.05, 4.69) is 25.6 Å². The molecule has 0 aliphatic carbocycles. The summed E-state index contributed by atoms with van der Waals surface area (Å²) in [6, 6.07) is 0. The molecule has 0 aromatic carbocycles. The summed E-state index contributed by atoms with van der Waals surface area (Å²) in [6.45, 7) is 8.85. The first-order chi connectivity index (χ1) is 4.35. The molecule has 0 saturated heterocycles. The van der Waals surface area contributed by atoms with Gasteiger partial charge in [-0.3, -0.25) is 0 Å². The first-order valence-corrected chi connectivity index (χ1v) is 3.77. The van der Waals surface area contributed by atoms with Gasteiger partial charge in [0.15, 0.2) is 0 Å². The zero-order chi connectivity index (χ0) is 7.11. The number of nitrogens with zero attached hydrogens (tertiary/aromatic N) is 1. The average molecular weight is 127 g/mol. The Labute approximate surface area is 58.2 Å².